The lowest BCUT2D eigenvalue weighted by molar-refractivity contribution is 0.457. The Morgan fingerprint density at radius 3 is 1.94 bits per heavy atom. The van der Waals surface area contributed by atoms with Gasteiger partial charge in [-0.2, -0.15) is 0 Å². The maximum absolute atomic E-state index is 5.59. The zero-order valence-corrected chi connectivity index (χ0v) is 12.1. The fourth-order valence-corrected chi connectivity index (χ4v) is 3.00. The van der Waals surface area contributed by atoms with E-state index in [0.717, 1.165) is 19.0 Å². The minimum atomic E-state index is 0.476. The quantitative estimate of drug-likeness (QED) is 0.838. The first-order valence-electron chi connectivity index (χ1n) is 6.88. The summed E-state index contributed by atoms with van der Waals surface area (Å²) in [6, 6.07) is 8.56. The molecule has 0 radical (unpaired) electrons. The summed E-state index contributed by atoms with van der Waals surface area (Å²) in [4.78, 5) is 0. The molecule has 1 aromatic carbocycles. The van der Waals surface area contributed by atoms with Gasteiger partial charge in [-0.1, -0.05) is 52.0 Å². The molecule has 0 unspecified atom stereocenters. The van der Waals surface area contributed by atoms with E-state index in [1.54, 1.807) is 0 Å². The van der Waals surface area contributed by atoms with Gasteiger partial charge in [-0.25, -0.2) is 0 Å². The van der Waals surface area contributed by atoms with Gasteiger partial charge < -0.3 is 11.1 Å². The third-order valence-corrected chi connectivity index (χ3v) is 5.26. The van der Waals surface area contributed by atoms with Gasteiger partial charge in [0.15, 0.2) is 0 Å². The minimum Gasteiger partial charge on any atom is -0.326 e. The first kappa shape index (κ1) is 13.6. The average Bonchev–Trinajstić information content (AvgIpc) is 2.72. The molecular formula is C16H26N2. The van der Waals surface area contributed by atoms with E-state index in [-0.39, 0.29) is 0 Å². The van der Waals surface area contributed by atoms with E-state index in [0.29, 0.717) is 17.4 Å². The van der Waals surface area contributed by atoms with E-state index >= 15 is 0 Å². The minimum absolute atomic E-state index is 0.476. The van der Waals surface area contributed by atoms with Gasteiger partial charge in [-0.05, 0) is 34.4 Å². The SMILES string of the molecule is CC1(C)C(CNCc2ccc(CN)cc2)C1(C)C. The van der Waals surface area contributed by atoms with Gasteiger partial charge >= 0.3 is 0 Å². The highest BCUT2D eigenvalue weighted by Gasteiger charge is 2.63. The van der Waals surface area contributed by atoms with E-state index in [9.17, 15) is 0 Å². The average molecular weight is 246 g/mol. The Labute approximate surface area is 111 Å². The molecule has 100 valence electrons. The van der Waals surface area contributed by atoms with Crippen LogP contribution in [0.1, 0.15) is 38.8 Å². The summed E-state index contributed by atoms with van der Waals surface area (Å²) < 4.78 is 0. The van der Waals surface area contributed by atoms with E-state index in [2.05, 4.69) is 57.3 Å². The zero-order valence-electron chi connectivity index (χ0n) is 12.1. The van der Waals surface area contributed by atoms with Crippen LogP contribution in [0.3, 0.4) is 0 Å². The van der Waals surface area contributed by atoms with Crippen LogP contribution in [0.5, 0.6) is 0 Å². The van der Waals surface area contributed by atoms with Crippen molar-refractivity contribution in [3.05, 3.63) is 35.4 Å². The van der Waals surface area contributed by atoms with Crippen LogP contribution in [-0.2, 0) is 13.1 Å². The molecule has 0 bridgehead atoms. The molecule has 0 heterocycles. The van der Waals surface area contributed by atoms with Gasteiger partial charge in [0.1, 0.15) is 0 Å². The van der Waals surface area contributed by atoms with E-state index in [4.69, 9.17) is 5.73 Å². The second-order valence-electron chi connectivity index (χ2n) is 6.65. The third-order valence-electron chi connectivity index (χ3n) is 5.26. The number of rotatable bonds is 5. The fourth-order valence-electron chi connectivity index (χ4n) is 3.00. The molecular weight excluding hydrogens is 220 g/mol. The van der Waals surface area contributed by atoms with Crippen molar-refractivity contribution in [2.45, 2.75) is 40.8 Å². The lowest BCUT2D eigenvalue weighted by Crippen LogP contribution is -2.18. The second kappa shape index (κ2) is 4.67. The largest absolute Gasteiger partial charge is 0.326 e. The molecule has 0 spiro atoms. The lowest BCUT2D eigenvalue weighted by atomic mass is 10.0. The molecule has 2 nitrogen and oxygen atoms in total. The van der Waals surface area contributed by atoms with Crippen molar-refractivity contribution in [3.63, 3.8) is 0 Å². The standard InChI is InChI=1S/C16H26N2/c1-15(2)14(16(15,3)4)11-18-10-13-7-5-12(9-17)6-8-13/h5-8,14,18H,9-11,17H2,1-4H3. The van der Waals surface area contributed by atoms with Gasteiger partial charge in [0.05, 0.1) is 0 Å². The second-order valence-corrected chi connectivity index (χ2v) is 6.65. The first-order chi connectivity index (χ1) is 8.39. The highest BCUT2D eigenvalue weighted by atomic mass is 14.9. The predicted molar refractivity (Wildman–Crippen MR) is 77.1 cm³/mol. The highest BCUT2D eigenvalue weighted by Crippen LogP contribution is 2.67. The van der Waals surface area contributed by atoms with Crippen LogP contribution in [0.15, 0.2) is 24.3 Å². The Bertz CT molecular complexity index is 390. The van der Waals surface area contributed by atoms with Crippen LogP contribution in [0, 0.1) is 16.7 Å². The van der Waals surface area contributed by atoms with Crippen LogP contribution in [0.4, 0.5) is 0 Å². The first-order valence-corrected chi connectivity index (χ1v) is 6.88. The lowest BCUT2D eigenvalue weighted by Gasteiger charge is -2.07. The molecule has 1 fully saturated rings. The number of nitrogens with two attached hydrogens (primary N) is 1. The van der Waals surface area contributed by atoms with Crippen molar-refractivity contribution < 1.29 is 0 Å². The summed E-state index contributed by atoms with van der Waals surface area (Å²) in [5, 5.41) is 3.58. The van der Waals surface area contributed by atoms with E-state index < -0.39 is 0 Å². The molecule has 1 aliphatic carbocycles. The van der Waals surface area contributed by atoms with Crippen LogP contribution >= 0.6 is 0 Å². The monoisotopic (exact) mass is 246 g/mol. The van der Waals surface area contributed by atoms with Gasteiger partial charge in [0.2, 0.25) is 0 Å². The summed E-state index contributed by atoms with van der Waals surface area (Å²) in [5.41, 5.74) is 9.08. The van der Waals surface area contributed by atoms with E-state index in [1.165, 1.54) is 11.1 Å². The molecule has 18 heavy (non-hydrogen) atoms. The van der Waals surface area contributed by atoms with Crippen LogP contribution in [-0.4, -0.2) is 6.54 Å². The molecule has 3 N–H and O–H groups in total. The van der Waals surface area contributed by atoms with E-state index in [1.807, 2.05) is 0 Å². The molecule has 2 heteroatoms. The van der Waals surface area contributed by atoms with Gasteiger partial charge in [0, 0.05) is 13.1 Å². The molecule has 0 aliphatic heterocycles. The molecule has 0 saturated heterocycles. The summed E-state index contributed by atoms with van der Waals surface area (Å²) in [6.45, 7) is 12.2. The number of hydrogen-bond donors (Lipinski definition) is 2. The number of benzene rings is 1. The van der Waals surface area contributed by atoms with Crippen molar-refractivity contribution in [1.29, 1.82) is 0 Å². The maximum Gasteiger partial charge on any atom is 0.0205 e. The molecule has 2 rings (SSSR count). The molecule has 1 saturated carbocycles. The van der Waals surface area contributed by atoms with Crippen LogP contribution < -0.4 is 11.1 Å². The molecule has 0 amide bonds. The molecule has 1 aliphatic rings. The predicted octanol–water partition coefficient (Wildman–Crippen LogP) is 2.92. The highest BCUT2D eigenvalue weighted by molar-refractivity contribution is 5.22. The van der Waals surface area contributed by atoms with Gasteiger partial charge in [-0.15, -0.1) is 0 Å². The Kier molecular flexibility index (Phi) is 3.52. The van der Waals surface area contributed by atoms with Crippen molar-refractivity contribution >= 4 is 0 Å². The summed E-state index contributed by atoms with van der Waals surface area (Å²) in [7, 11) is 0. The zero-order chi connectivity index (χ0) is 13.4. The van der Waals surface area contributed by atoms with Crippen LogP contribution in [0.2, 0.25) is 0 Å². The van der Waals surface area contributed by atoms with Gasteiger partial charge in [0.25, 0.3) is 0 Å². The summed E-state index contributed by atoms with van der Waals surface area (Å²) in [5.74, 6) is 0.785. The molecule has 0 atom stereocenters. The summed E-state index contributed by atoms with van der Waals surface area (Å²) >= 11 is 0. The number of hydrogen-bond acceptors (Lipinski definition) is 2. The fraction of sp³-hybridized carbons (Fsp3) is 0.625. The number of nitrogens with one attached hydrogen (secondary N) is 1. The Morgan fingerprint density at radius 2 is 1.50 bits per heavy atom. The molecule has 1 aromatic rings. The maximum atomic E-state index is 5.59. The van der Waals surface area contributed by atoms with Crippen molar-refractivity contribution in [1.82, 2.24) is 5.32 Å². The summed E-state index contributed by atoms with van der Waals surface area (Å²) in [6.07, 6.45) is 0. The van der Waals surface area contributed by atoms with Crippen molar-refractivity contribution in [2.75, 3.05) is 6.54 Å². The van der Waals surface area contributed by atoms with Crippen LogP contribution in [0.25, 0.3) is 0 Å². The Balaban J connectivity index is 1.79. The molecule has 0 aromatic heterocycles. The topological polar surface area (TPSA) is 38.0 Å². The van der Waals surface area contributed by atoms with Crippen molar-refractivity contribution in [2.24, 2.45) is 22.5 Å². The Hall–Kier alpha value is -0.860. The smallest absolute Gasteiger partial charge is 0.0205 e. The van der Waals surface area contributed by atoms with Crippen molar-refractivity contribution in [3.8, 4) is 0 Å². The third kappa shape index (κ3) is 2.32. The normalized spacial score (nSPS) is 20.9. The Morgan fingerprint density at radius 1 is 1.00 bits per heavy atom. The van der Waals surface area contributed by atoms with Gasteiger partial charge in [-0.3, -0.25) is 0 Å².